The van der Waals surface area contributed by atoms with Crippen molar-refractivity contribution in [1.82, 2.24) is 4.98 Å². The Morgan fingerprint density at radius 2 is 2.00 bits per heavy atom. The first-order chi connectivity index (χ1) is 9.72. The maximum absolute atomic E-state index is 6.20. The van der Waals surface area contributed by atoms with Gasteiger partial charge in [0.15, 0.2) is 0 Å². The third kappa shape index (κ3) is 2.72. The van der Waals surface area contributed by atoms with Gasteiger partial charge < -0.3 is 5.32 Å². The molecule has 0 aliphatic heterocycles. The summed E-state index contributed by atoms with van der Waals surface area (Å²) in [7, 11) is 0. The molecule has 0 saturated heterocycles. The molecule has 0 spiro atoms. The largest absolute Gasteiger partial charge is 0.384 e. The molecule has 1 heterocycles. The molecule has 20 heavy (non-hydrogen) atoms. The molecule has 1 aliphatic rings. The van der Waals surface area contributed by atoms with Crippen LogP contribution in [-0.4, -0.2) is 17.4 Å². The van der Waals surface area contributed by atoms with Gasteiger partial charge in [-0.25, -0.2) is 0 Å². The number of benzene rings is 1. The van der Waals surface area contributed by atoms with Crippen LogP contribution >= 0.6 is 23.2 Å². The average molecular weight is 309 g/mol. The van der Waals surface area contributed by atoms with Crippen LogP contribution in [0.3, 0.4) is 0 Å². The van der Waals surface area contributed by atoms with Crippen molar-refractivity contribution in [3.8, 4) is 0 Å². The van der Waals surface area contributed by atoms with Gasteiger partial charge in [-0.3, -0.25) is 4.98 Å². The van der Waals surface area contributed by atoms with E-state index in [1.54, 1.807) is 0 Å². The first kappa shape index (κ1) is 14.0. The first-order valence-corrected chi connectivity index (χ1v) is 7.98. The van der Waals surface area contributed by atoms with Crippen molar-refractivity contribution in [3.63, 3.8) is 0 Å². The number of nitrogens with one attached hydrogen (secondary N) is 1. The smallest absolute Gasteiger partial charge is 0.0737 e. The molecule has 2 nitrogen and oxygen atoms in total. The molecule has 0 atom stereocenters. The minimum absolute atomic E-state index is 0.254. The molecule has 1 aromatic carbocycles. The molecule has 1 aromatic heterocycles. The van der Waals surface area contributed by atoms with Gasteiger partial charge in [-0.2, -0.15) is 0 Å². The van der Waals surface area contributed by atoms with Crippen LogP contribution in [0.4, 0.5) is 5.69 Å². The summed E-state index contributed by atoms with van der Waals surface area (Å²) in [5, 5.41) is 5.40. The van der Waals surface area contributed by atoms with Gasteiger partial charge in [0.2, 0.25) is 0 Å². The van der Waals surface area contributed by atoms with Crippen molar-refractivity contribution < 1.29 is 0 Å². The Bertz CT molecular complexity index is 606. The van der Waals surface area contributed by atoms with Crippen LogP contribution in [0.1, 0.15) is 25.7 Å². The number of aromatic nitrogens is 1. The average Bonchev–Trinajstić information content (AvgIpc) is 2.94. The zero-order valence-corrected chi connectivity index (χ0v) is 12.8. The summed E-state index contributed by atoms with van der Waals surface area (Å²) < 4.78 is 0. The highest BCUT2D eigenvalue weighted by atomic mass is 35.5. The van der Waals surface area contributed by atoms with Crippen molar-refractivity contribution in [2.75, 3.05) is 17.7 Å². The number of alkyl halides is 1. The lowest BCUT2D eigenvalue weighted by atomic mass is 9.88. The van der Waals surface area contributed by atoms with E-state index in [1.807, 2.05) is 30.5 Å². The molecule has 3 rings (SSSR count). The van der Waals surface area contributed by atoms with Gasteiger partial charge >= 0.3 is 0 Å². The van der Waals surface area contributed by atoms with E-state index in [0.29, 0.717) is 0 Å². The van der Waals surface area contributed by atoms with Gasteiger partial charge in [-0.1, -0.05) is 24.4 Å². The van der Waals surface area contributed by atoms with Gasteiger partial charge in [0, 0.05) is 40.1 Å². The molecule has 2 aromatic rings. The molecule has 0 amide bonds. The Kier molecular flexibility index (Phi) is 4.04. The predicted molar refractivity (Wildman–Crippen MR) is 86.9 cm³/mol. The highest BCUT2D eigenvalue weighted by molar-refractivity contribution is 6.31. The van der Waals surface area contributed by atoms with Gasteiger partial charge in [0.1, 0.15) is 0 Å². The number of hydrogen-bond donors (Lipinski definition) is 1. The predicted octanol–water partition coefficient (Wildman–Crippen LogP) is 5.10. The van der Waals surface area contributed by atoms with E-state index in [4.69, 9.17) is 23.2 Å². The van der Waals surface area contributed by atoms with E-state index in [2.05, 4.69) is 10.3 Å². The van der Waals surface area contributed by atoms with Gasteiger partial charge in [0.25, 0.3) is 0 Å². The van der Waals surface area contributed by atoms with E-state index in [-0.39, 0.29) is 5.41 Å². The standard InChI is InChI=1S/C16H18Cl2N2/c17-10-16(6-1-2-7-16)11-20-14-5-8-19-15-9-12(18)3-4-13(14)15/h3-5,8-9H,1-2,6-7,10-11H2,(H,19,20). The number of nitrogens with zero attached hydrogens (tertiary/aromatic N) is 1. The van der Waals surface area contributed by atoms with Crippen LogP contribution in [0, 0.1) is 5.41 Å². The van der Waals surface area contributed by atoms with E-state index < -0.39 is 0 Å². The van der Waals surface area contributed by atoms with Crippen molar-refractivity contribution in [3.05, 3.63) is 35.5 Å². The van der Waals surface area contributed by atoms with Crippen LogP contribution in [0.2, 0.25) is 5.02 Å². The minimum Gasteiger partial charge on any atom is -0.384 e. The summed E-state index contributed by atoms with van der Waals surface area (Å²) in [6, 6.07) is 7.85. The van der Waals surface area contributed by atoms with Crippen LogP contribution < -0.4 is 5.32 Å². The molecule has 4 heteroatoms. The molecular weight excluding hydrogens is 291 g/mol. The molecule has 0 unspecified atom stereocenters. The summed E-state index contributed by atoms with van der Waals surface area (Å²) in [5.74, 6) is 0.731. The van der Waals surface area contributed by atoms with E-state index >= 15 is 0 Å². The number of pyridine rings is 1. The monoisotopic (exact) mass is 308 g/mol. The van der Waals surface area contributed by atoms with Crippen LogP contribution in [0.5, 0.6) is 0 Å². The van der Waals surface area contributed by atoms with Gasteiger partial charge in [0.05, 0.1) is 5.52 Å². The lowest BCUT2D eigenvalue weighted by molar-refractivity contribution is 0.368. The second kappa shape index (κ2) is 5.79. The van der Waals surface area contributed by atoms with Gasteiger partial charge in [-0.15, -0.1) is 11.6 Å². The van der Waals surface area contributed by atoms with E-state index in [1.165, 1.54) is 25.7 Å². The summed E-state index contributed by atoms with van der Waals surface area (Å²) in [5.41, 5.74) is 2.29. The number of fused-ring (bicyclic) bond motifs is 1. The van der Waals surface area contributed by atoms with Crippen LogP contribution in [0.25, 0.3) is 10.9 Å². The van der Waals surface area contributed by atoms with Crippen molar-refractivity contribution in [2.24, 2.45) is 5.41 Å². The number of halogens is 2. The number of hydrogen-bond acceptors (Lipinski definition) is 2. The SMILES string of the molecule is ClCC1(CNc2ccnc3cc(Cl)ccc23)CCCC1. The van der Waals surface area contributed by atoms with Crippen LogP contribution in [0.15, 0.2) is 30.5 Å². The summed E-state index contributed by atoms with van der Waals surface area (Å²) in [6.07, 6.45) is 6.85. The maximum Gasteiger partial charge on any atom is 0.0737 e. The molecular formula is C16H18Cl2N2. The summed E-state index contributed by atoms with van der Waals surface area (Å²) >= 11 is 12.2. The van der Waals surface area contributed by atoms with Crippen LogP contribution in [-0.2, 0) is 0 Å². The zero-order valence-electron chi connectivity index (χ0n) is 11.3. The number of anilines is 1. The number of rotatable bonds is 4. The third-order valence-corrected chi connectivity index (χ3v) is 5.11. The van der Waals surface area contributed by atoms with Gasteiger partial charge in [-0.05, 0) is 37.1 Å². The Labute approximate surface area is 129 Å². The fourth-order valence-corrected chi connectivity index (χ4v) is 3.57. The maximum atomic E-state index is 6.20. The first-order valence-electron chi connectivity index (χ1n) is 7.07. The molecule has 1 fully saturated rings. The normalized spacial score (nSPS) is 17.5. The topological polar surface area (TPSA) is 24.9 Å². The quantitative estimate of drug-likeness (QED) is 0.795. The Morgan fingerprint density at radius 3 is 2.75 bits per heavy atom. The van der Waals surface area contributed by atoms with E-state index in [9.17, 15) is 0 Å². The highest BCUT2D eigenvalue weighted by Crippen LogP contribution is 2.39. The Balaban J connectivity index is 1.84. The Hall–Kier alpha value is -0.990. The fourth-order valence-electron chi connectivity index (χ4n) is 3.04. The zero-order chi connectivity index (χ0) is 14.0. The lowest BCUT2D eigenvalue weighted by Crippen LogP contribution is -2.28. The van der Waals surface area contributed by atoms with Crippen molar-refractivity contribution >= 4 is 39.8 Å². The lowest BCUT2D eigenvalue weighted by Gasteiger charge is -2.27. The minimum atomic E-state index is 0.254. The second-order valence-corrected chi connectivity index (χ2v) is 6.42. The molecule has 1 N–H and O–H groups in total. The molecule has 1 saturated carbocycles. The van der Waals surface area contributed by atoms with Crippen molar-refractivity contribution in [2.45, 2.75) is 25.7 Å². The second-order valence-electron chi connectivity index (χ2n) is 5.71. The molecule has 106 valence electrons. The third-order valence-electron chi connectivity index (χ3n) is 4.31. The summed E-state index contributed by atoms with van der Waals surface area (Å²) in [4.78, 5) is 4.37. The Morgan fingerprint density at radius 1 is 1.20 bits per heavy atom. The van der Waals surface area contributed by atoms with E-state index in [0.717, 1.165) is 34.0 Å². The molecule has 1 aliphatic carbocycles. The summed E-state index contributed by atoms with van der Waals surface area (Å²) in [6.45, 7) is 0.929. The fraction of sp³-hybridized carbons (Fsp3) is 0.438. The molecule has 0 radical (unpaired) electrons. The van der Waals surface area contributed by atoms with Crippen molar-refractivity contribution in [1.29, 1.82) is 0 Å². The highest BCUT2D eigenvalue weighted by Gasteiger charge is 2.32. The molecule has 0 bridgehead atoms.